The van der Waals surface area contributed by atoms with Crippen molar-refractivity contribution in [2.45, 2.75) is 58.7 Å². The van der Waals surface area contributed by atoms with Gasteiger partial charge in [0.05, 0.1) is 0 Å². The van der Waals surface area contributed by atoms with Gasteiger partial charge in [0.25, 0.3) is 8.32 Å². The number of esters is 1. The zero-order chi connectivity index (χ0) is 20.4. The Morgan fingerprint density at radius 2 is 1.50 bits per heavy atom. The van der Waals surface area contributed by atoms with Crippen LogP contribution in [-0.4, -0.2) is 26.9 Å². The number of ether oxygens (including phenoxy) is 2. The van der Waals surface area contributed by atoms with Gasteiger partial charge in [-0.3, -0.25) is 4.79 Å². The first-order valence-corrected chi connectivity index (χ1v) is 11.8. The molecule has 0 amide bonds. The maximum absolute atomic E-state index is 11.4. The third kappa shape index (κ3) is 4.07. The van der Waals surface area contributed by atoms with Crippen LogP contribution in [0, 0.1) is 5.92 Å². The van der Waals surface area contributed by atoms with Crippen LogP contribution in [0.1, 0.15) is 41.0 Å². The van der Waals surface area contributed by atoms with E-state index in [4.69, 9.17) is 13.9 Å². The average Bonchev–Trinajstić information content (AvgIpc) is 2.98. The highest BCUT2D eigenvalue weighted by atomic mass is 28.4. The third-order valence-electron chi connectivity index (χ3n) is 5.32. The quantitative estimate of drug-likeness (QED) is 0.567. The lowest BCUT2D eigenvalue weighted by Gasteiger charge is -2.44. The summed E-state index contributed by atoms with van der Waals surface area (Å²) in [5, 5.41) is 2.30. The van der Waals surface area contributed by atoms with Gasteiger partial charge >= 0.3 is 5.97 Å². The molecule has 1 aliphatic rings. The summed E-state index contributed by atoms with van der Waals surface area (Å²) in [7, 11) is -2.68. The highest BCUT2D eigenvalue weighted by molar-refractivity contribution is 6.99. The molecule has 0 spiro atoms. The van der Waals surface area contributed by atoms with Gasteiger partial charge in [-0.2, -0.15) is 0 Å². The van der Waals surface area contributed by atoms with Crippen molar-refractivity contribution in [2.24, 2.45) is 5.92 Å². The summed E-state index contributed by atoms with van der Waals surface area (Å²) >= 11 is 0. The summed E-state index contributed by atoms with van der Waals surface area (Å²) in [4.78, 5) is 11.4. The van der Waals surface area contributed by atoms with Gasteiger partial charge in [-0.25, -0.2) is 0 Å². The molecule has 1 aliphatic heterocycles. The van der Waals surface area contributed by atoms with Gasteiger partial charge in [-0.1, -0.05) is 88.4 Å². The normalized spacial score (nSPS) is 22.8. The Balaban J connectivity index is 2.04. The van der Waals surface area contributed by atoms with E-state index < -0.39 is 20.9 Å². The summed E-state index contributed by atoms with van der Waals surface area (Å²) in [6, 6.07) is 21.0. The smallest absolute Gasteiger partial charge is 0.304 e. The number of hydrogen-bond donors (Lipinski definition) is 0. The molecular formula is C23H30O4Si. The zero-order valence-electron chi connectivity index (χ0n) is 17.3. The van der Waals surface area contributed by atoms with E-state index in [-0.39, 0.29) is 16.9 Å². The monoisotopic (exact) mass is 398 g/mol. The molecule has 1 fully saturated rings. The summed E-state index contributed by atoms with van der Waals surface area (Å²) < 4.78 is 18.3. The van der Waals surface area contributed by atoms with E-state index in [1.807, 2.05) is 19.1 Å². The van der Waals surface area contributed by atoms with Gasteiger partial charge in [0.1, 0.15) is 0 Å². The standard InChI is InChI=1S/C23H30O4Si/c1-17-16-21(26-22(17)25-18(2)24)27-28(23(3,4)5,19-12-8-6-9-13-19)20-14-10-7-11-15-20/h6-15,17,21-22H,16H2,1-5H3/t17-,21-,22-/m1/s1. The fourth-order valence-corrected chi connectivity index (χ4v) is 8.59. The molecule has 2 aromatic carbocycles. The molecule has 3 atom stereocenters. The second kappa shape index (κ2) is 8.19. The van der Waals surface area contributed by atoms with Crippen LogP contribution in [0.3, 0.4) is 0 Å². The molecule has 0 aliphatic carbocycles. The summed E-state index contributed by atoms with van der Waals surface area (Å²) in [6.07, 6.45) is -0.269. The molecule has 4 nitrogen and oxygen atoms in total. The lowest BCUT2D eigenvalue weighted by atomic mass is 10.1. The molecule has 0 saturated carbocycles. The van der Waals surface area contributed by atoms with Crippen molar-refractivity contribution in [1.29, 1.82) is 0 Å². The van der Waals surface area contributed by atoms with E-state index >= 15 is 0 Å². The van der Waals surface area contributed by atoms with Crippen molar-refractivity contribution in [2.75, 3.05) is 0 Å². The van der Waals surface area contributed by atoms with E-state index in [2.05, 4.69) is 69.3 Å². The summed E-state index contributed by atoms with van der Waals surface area (Å²) in [5.74, 6) is -0.241. The zero-order valence-corrected chi connectivity index (χ0v) is 18.3. The minimum Gasteiger partial charge on any atom is -0.436 e. The maximum atomic E-state index is 11.4. The van der Waals surface area contributed by atoms with Crippen LogP contribution in [0.15, 0.2) is 60.7 Å². The minimum absolute atomic E-state index is 0.0899. The SMILES string of the molecule is CC(=O)O[C@@H]1O[C@H](O[Si](c2ccccc2)(c2ccccc2)C(C)(C)C)C[C@H]1C. The van der Waals surface area contributed by atoms with Gasteiger partial charge in [-0.15, -0.1) is 0 Å². The molecule has 2 aromatic rings. The second-order valence-electron chi connectivity index (χ2n) is 8.54. The van der Waals surface area contributed by atoms with Crippen LogP contribution in [0.4, 0.5) is 0 Å². The highest BCUT2D eigenvalue weighted by Crippen LogP contribution is 2.40. The molecule has 0 N–H and O–H groups in total. The molecular weight excluding hydrogens is 368 g/mol. The van der Waals surface area contributed by atoms with Gasteiger partial charge < -0.3 is 13.9 Å². The van der Waals surface area contributed by atoms with Crippen molar-refractivity contribution in [3.8, 4) is 0 Å². The van der Waals surface area contributed by atoms with E-state index in [0.717, 1.165) is 0 Å². The van der Waals surface area contributed by atoms with Crippen LogP contribution in [-0.2, 0) is 18.7 Å². The first kappa shape index (κ1) is 20.8. The average molecular weight is 399 g/mol. The maximum Gasteiger partial charge on any atom is 0.304 e. The predicted octanol–water partition coefficient (Wildman–Crippen LogP) is 3.83. The molecule has 150 valence electrons. The van der Waals surface area contributed by atoms with Crippen molar-refractivity contribution < 1.29 is 18.7 Å². The second-order valence-corrected chi connectivity index (χ2v) is 12.8. The number of benzene rings is 2. The van der Waals surface area contributed by atoms with E-state index in [0.29, 0.717) is 6.42 Å². The molecule has 28 heavy (non-hydrogen) atoms. The van der Waals surface area contributed by atoms with Gasteiger partial charge in [0.2, 0.25) is 6.29 Å². The third-order valence-corrected chi connectivity index (χ3v) is 10.3. The minimum atomic E-state index is -2.68. The largest absolute Gasteiger partial charge is 0.436 e. The number of hydrogen-bond acceptors (Lipinski definition) is 4. The summed E-state index contributed by atoms with van der Waals surface area (Å²) in [6.45, 7) is 10.2. The molecule has 0 aromatic heterocycles. The predicted molar refractivity (Wildman–Crippen MR) is 113 cm³/mol. The Morgan fingerprint density at radius 1 is 1.00 bits per heavy atom. The fourth-order valence-electron chi connectivity index (χ4n) is 4.03. The number of carbonyl (C=O) groups excluding carboxylic acids is 1. The molecule has 0 unspecified atom stereocenters. The molecule has 3 rings (SSSR count). The van der Waals surface area contributed by atoms with E-state index in [1.54, 1.807) is 0 Å². The van der Waals surface area contributed by atoms with Crippen LogP contribution >= 0.6 is 0 Å². The molecule has 0 bridgehead atoms. The first-order chi connectivity index (χ1) is 13.2. The first-order valence-electron chi connectivity index (χ1n) is 9.85. The topological polar surface area (TPSA) is 44.8 Å². The van der Waals surface area contributed by atoms with Crippen LogP contribution in [0.5, 0.6) is 0 Å². The molecule has 0 radical (unpaired) electrons. The Hall–Kier alpha value is -1.95. The molecule has 1 saturated heterocycles. The van der Waals surface area contributed by atoms with Crippen molar-refractivity contribution >= 4 is 24.7 Å². The fraction of sp³-hybridized carbons (Fsp3) is 0.435. The molecule has 1 heterocycles. The Kier molecular flexibility index (Phi) is 6.08. The van der Waals surface area contributed by atoms with Gasteiger partial charge in [0, 0.05) is 19.3 Å². The van der Waals surface area contributed by atoms with Crippen LogP contribution < -0.4 is 10.4 Å². The van der Waals surface area contributed by atoms with Crippen molar-refractivity contribution in [3.63, 3.8) is 0 Å². The Bertz CT molecular complexity index is 746. The molecule has 5 heteroatoms. The van der Waals surface area contributed by atoms with Crippen molar-refractivity contribution in [1.82, 2.24) is 0 Å². The number of carbonyl (C=O) groups is 1. The highest BCUT2D eigenvalue weighted by Gasteiger charge is 2.53. The Morgan fingerprint density at radius 3 is 1.93 bits per heavy atom. The van der Waals surface area contributed by atoms with Crippen molar-refractivity contribution in [3.05, 3.63) is 60.7 Å². The van der Waals surface area contributed by atoms with Gasteiger partial charge in [0.15, 0.2) is 6.29 Å². The lowest BCUT2D eigenvalue weighted by Crippen LogP contribution is -2.67. The lowest BCUT2D eigenvalue weighted by molar-refractivity contribution is -0.196. The number of rotatable bonds is 5. The van der Waals surface area contributed by atoms with Crippen LogP contribution in [0.2, 0.25) is 5.04 Å². The van der Waals surface area contributed by atoms with Gasteiger partial charge in [-0.05, 0) is 15.4 Å². The van der Waals surface area contributed by atoms with Crippen LogP contribution in [0.25, 0.3) is 0 Å². The Labute approximate surface area is 169 Å². The van der Waals surface area contributed by atoms with E-state index in [9.17, 15) is 4.79 Å². The van der Waals surface area contributed by atoms with E-state index in [1.165, 1.54) is 17.3 Å². The summed E-state index contributed by atoms with van der Waals surface area (Å²) in [5.41, 5.74) is 0.